The third-order valence-electron chi connectivity index (χ3n) is 4.16. The molecule has 0 radical (unpaired) electrons. The predicted octanol–water partition coefficient (Wildman–Crippen LogP) is 1.84. The molecular weight excluding hydrogens is 222 g/mol. The highest BCUT2D eigenvalue weighted by molar-refractivity contribution is 5.31. The van der Waals surface area contributed by atoms with Gasteiger partial charge in [0.25, 0.3) is 0 Å². The summed E-state index contributed by atoms with van der Waals surface area (Å²) in [4.78, 5) is 5.18. The van der Waals surface area contributed by atoms with Gasteiger partial charge in [-0.15, -0.1) is 0 Å². The van der Waals surface area contributed by atoms with Gasteiger partial charge in [0.2, 0.25) is 0 Å². The van der Waals surface area contributed by atoms with E-state index in [1.165, 1.54) is 44.6 Å². The van der Waals surface area contributed by atoms with Crippen molar-refractivity contribution in [3.63, 3.8) is 0 Å². The number of hydrogen-bond donors (Lipinski definition) is 0. The van der Waals surface area contributed by atoms with Gasteiger partial charge in [-0.3, -0.25) is 9.80 Å². The SMILES string of the molecule is N#Cc1ccc(CN2CCN3CCC[C@@H]3C2)cc1. The molecule has 0 aliphatic carbocycles. The molecule has 3 rings (SSSR count). The van der Waals surface area contributed by atoms with Gasteiger partial charge in [0.05, 0.1) is 11.6 Å². The molecule has 2 fully saturated rings. The van der Waals surface area contributed by atoms with Crippen molar-refractivity contribution >= 4 is 0 Å². The van der Waals surface area contributed by atoms with Crippen molar-refractivity contribution in [3.8, 4) is 6.07 Å². The molecular formula is C15H19N3. The zero-order chi connectivity index (χ0) is 12.4. The Labute approximate surface area is 109 Å². The van der Waals surface area contributed by atoms with Crippen molar-refractivity contribution in [2.45, 2.75) is 25.4 Å². The molecule has 2 aliphatic rings. The molecule has 1 aromatic rings. The lowest BCUT2D eigenvalue weighted by atomic mass is 10.1. The summed E-state index contributed by atoms with van der Waals surface area (Å²) in [5.41, 5.74) is 2.07. The molecule has 94 valence electrons. The van der Waals surface area contributed by atoms with Gasteiger partial charge in [0, 0.05) is 32.2 Å². The average molecular weight is 241 g/mol. The van der Waals surface area contributed by atoms with Gasteiger partial charge < -0.3 is 0 Å². The molecule has 0 aromatic heterocycles. The number of rotatable bonds is 2. The van der Waals surface area contributed by atoms with Crippen LogP contribution in [0.1, 0.15) is 24.0 Å². The first-order valence-electron chi connectivity index (χ1n) is 6.80. The summed E-state index contributed by atoms with van der Waals surface area (Å²) in [6.07, 6.45) is 2.74. The van der Waals surface area contributed by atoms with E-state index < -0.39 is 0 Å². The Hall–Kier alpha value is -1.37. The molecule has 0 N–H and O–H groups in total. The lowest BCUT2D eigenvalue weighted by Gasteiger charge is -2.37. The highest BCUT2D eigenvalue weighted by atomic mass is 15.3. The van der Waals surface area contributed by atoms with Crippen LogP contribution in [0, 0.1) is 11.3 Å². The Morgan fingerprint density at radius 2 is 2.00 bits per heavy atom. The largest absolute Gasteiger partial charge is 0.298 e. The molecule has 0 bridgehead atoms. The smallest absolute Gasteiger partial charge is 0.0991 e. The van der Waals surface area contributed by atoms with Gasteiger partial charge in [-0.25, -0.2) is 0 Å². The lowest BCUT2D eigenvalue weighted by molar-refractivity contribution is 0.0994. The molecule has 3 heteroatoms. The molecule has 3 nitrogen and oxygen atoms in total. The normalized spacial score (nSPS) is 24.7. The summed E-state index contributed by atoms with van der Waals surface area (Å²) >= 11 is 0. The number of fused-ring (bicyclic) bond motifs is 1. The topological polar surface area (TPSA) is 30.3 Å². The van der Waals surface area contributed by atoms with E-state index in [1.807, 2.05) is 12.1 Å². The second-order valence-corrected chi connectivity index (χ2v) is 5.38. The van der Waals surface area contributed by atoms with Crippen LogP contribution in [-0.2, 0) is 6.54 Å². The molecule has 0 unspecified atom stereocenters. The van der Waals surface area contributed by atoms with Crippen LogP contribution >= 0.6 is 0 Å². The third kappa shape index (κ3) is 2.40. The van der Waals surface area contributed by atoms with Crippen LogP contribution in [0.5, 0.6) is 0 Å². The second-order valence-electron chi connectivity index (χ2n) is 5.38. The highest BCUT2D eigenvalue weighted by Crippen LogP contribution is 2.22. The van der Waals surface area contributed by atoms with E-state index in [0.29, 0.717) is 0 Å². The average Bonchev–Trinajstić information content (AvgIpc) is 2.87. The first kappa shape index (κ1) is 11.7. The minimum absolute atomic E-state index is 0.749. The molecule has 1 aromatic carbocycles. The molecule has 1 atom stereocenters. The van der Waals surface area contributed by atoms with Crippen molar-refractivity contribution in [1.82, 2.24) is 9.80 Å². The Kier molecular flexibility index (Phi) is 3.31. The fourth-order valence-electron chi connectivity index (χ4n) is 3.14. The quantitative estimate of drug-likeness (QED) is 0.791. The number of benzene rings is 1. The Bertz CT molecular complexity index is 446. The van der Waals surface area contributed by atoms with Gasteiger partial charge in [-0.2, -0.15) is 5.26 Å². The van der Waals surface area contributed by atoms with Crippen LogP contribution in [-0.4, -0.2) is 42.0 Å². The van der Waals surface area contributed by atoms with Crippen LogP contribution < -0.4 is 0 Å². The van der Waals surface area contributed by atoms with Gasteiger partial charge in [0.15, 0.2) is 0 Å². The first-order valence-corrected chi connectivity index (χ1v) is 6.80. The summed E-state index contributed by atoms with van der Waals surface area (Å²) < 4.78 is 0. The molecule has 2 saturated heterocycles. The van der Waals surface area contributed by atoms with Gasteiger partial charge in [0.1, 0.15) is 0 Å². The minimum atomic E-state index is 0.749. The Morgan fingerprint density at radius 1 is 1.17 bits per heavy atom. The first-order chi connectivity index (χ1) is 8.85. The van der Waals surface area contributed by atoms with Gasteiger partial charge >= 0.3 is 0 Å². The summed E-state index contributed by atoms with van der Waals surface area (Å²) in [6.45, 7) is 5.93. The van der Waals surface area contributed by atoms with Crippen molar-refractivity contribution in [2.24, 2.45) is 0 Å². The maximum absolute atomic E-state index is 8.79. The van der Waals surface area contributed by atoms with Crippen LogP contribution in [0.3, 0.4) is 0 Å². The Morgan fingerprint density at radius 3 is 2.78 bits per heavy atom. The number of hydrogen-bond acceptors (Lipinski definition) is 3. The standard InChI is InChI=1S/C15H19N3/c16-10-13-3-5-14(6-4-13)11-17-8-9-18-7-1-2-15(18)12-17/h3-6,15H,1-2,7-9,11-12H2/t15-/m1/s1. The minimum Gasteiger partial charge on any atom is -0.298 e. The second kappa shape index (κ2) is 5.09. The summed E-state index contributed by atoms with van der Waals surface area (Å²) in [7, 11) is 0. The molecule has 2 heterocycles. The van der Waals surface area contributed by atoms with Crippen molar-refractivity contribution < 1.29 is 0 Å². The van der Waals surface area contributed by atoms with E-state index in [2.05, 4.69) is 28.0 Å². The molecule has 18 heavy (non-hydrogen) atoms. The maximum Gasteiger partial charge on any atom is 0.0991 e. The molecule has 0 amide bonds. The van der Waals surface area contributed by atoms with Crippen molar-refractivity contribution in [2.75, 3.05) is 26.2 Å². The predicted molar refractivity (Wildman–Crippen MR) is 71.0 cm³/mol. The van der Waals surface area contributed by atoms with E-state index in [9.17, 15) is 0 Å². The Balaban J connectivity index is 1.60. The maximum atomic E-state index is 8.79. The zero-order valence-electron chi connectivity index (χ0n) is 10.7. The highest BCUT2D eigenvalue weighted by Gasteiger charge is 2.30. The van der Waals surface area contributed by atoms with E-state index in [1.54, 1.807) is 0 Å². The monoisotopic (exact) mass is 241 g/mol. The molecule has 2 aliphatic heterocycles. The van der Waals surface area contributed by atoms with Crippen LogP contribution in [0.25, 0.3) is 0 Å². The van der Waals surface area contributed by atoms with Gasteiger partial charge in [-0.1, -0.05) is 12.1 Å². The van der Waals surface area contributed by atoms with E-state index in [0.717, 1.165) is 18.2 Å². The molecule has 0 saturated carbocycles. The summed E-state index contributed by atoms with van der Waals surface area (Å²) in [5.74, 6) is 0. The zero-order valence-corrected chi connectivity index (χ0v) is 10.7. The fraction of sp³-hybridized carbons (Fsp3) is 0.533. The van der Waals surface area contributed by atoms with Crippen molar-refractivity contribution in [3.05, 3.63) is 35.4 Å². The number of nitriles is 1. The summed E-state index contributed by atoms with van der Waals surface area (Å²) in [6, 6.07) is 11.0. The lowest BCUT2D eigenvalue weighted by Crippen LogP contribution is -2.49. The van der Waals surface area contributed by atoms with Crippen LogP contribution in [0.2, 0.25) is 0 Å². The van der Waals surface area contributed by atoms with Crippen LogP contribution in [0.4, 0.5) is 0 Å². The number of nitrogens with zero attached hydrogens (tertiary/aromatic N) is 3. The van der Waals surface area contributed by atoms with Crippen molar-refractivity contribution in [1.29, 1.82) is 5.26 Å². The fourth-order valence-corrected chi connectivity index (χ4v) is 3.14. The van der Waals surface area contributed by atoms with E-state index >= 15 is 0 Å². The van der Waals surface area contributed by atoms with Gasteiger partial charge in [-0.05, 0) is 37.1 Å². The third-order valence-corrected chi connectivity index (χ3v) is 4.16. The summed E-state index contributed by atoms with van der Waals surface area (Å²) in [5, 5.41) is 8.79. The molecule has 0 spiro atoms. The number of piperazine rings is 1. The van der Waals surface area contributed by atoms with E-state index in [4.69, 9.17) is 5.26 Å². The van der Waals surface area contributed by atoms with E-state index in [-0.39, 0.29) is 0 Å². The van der Waals surface area contributed by atoms with Crippen LogP contribution in [0.15, 0.2) is 24.3 Å².